The van der Waals surface area contributed by atoms with Crippen molar-refractivity contribution in [1.29, 1.82) is 0 Å². The lowest BCUT2D eigenvalue weighted by Crippen LogP contribution is -2.37. The van der Waals surface area contributed by atoms with Gasteiger partial charge in [0.2, 0.25) is 5.91 Å². The van der Waals surface area contributed by atoms with Crippen LogP contribution in [0.1, 0.15) is 41.7 Å². The van der Waals surface area contributed by atoms with Crippen molar-refractivity contribution < 1.29 is 28.2 Å². The van der Waals surface area contributed by atoms with Crippen molar-refractivity contribution in [3.63, 3.8) is 0 Å². The molecule has 0 aliphatic carbocycles. The maximum absolute atomic E-state index is 13.5. The number of rotatable bonds is 6. The first-order chi connectivity index (χ1) is 21.6. The topological polar surface area (TPSA) is 112 Å². The van der Waals surface area contributed by atoms with E-state index >= 15 is 0 Å². The molecule has 0 saturated carbocycles. The maximum Gasteiger partial charge on any atom is 0.275 e. The van der Waals surface area contributed by atoms with Gasteiger partial charge in [-0.3, -0.25) is 9.59 Å². The van der Waals surface area contributed by atoms with Gasteiger partial charge in [0.1, 0.15) is 24.4 Å². The number of carbonyl (C=O) groups is 2. The summed E-state index contributed by atoms with van der Waals surface area (Å²) in [7, 11) is 3.20. The van der Waals surface area contributed by atoms with E-state index in [1.54, 1.807) is 20.4 Å². The Morgan fingerprint density at radius 2 is 1.70 bits per heavy atom. The third-order valence-electron chi connectivity index (χ3n) is 7.74. The number of amides is 2. The van der Waals surface area contributed by atoms with Gasteiger partial charge in [-0.25, -0.2) is 9.97 Å². The van der Waals surface area contributed by atoms with E-state index in [2.05, 4.69) is 14.5 Å². The lowest BCUT2D eigenvalue weighted by Gasteiger charge is -2.25. The van der Waals surface area contributed by atoms with Crippen LogP contribution >= 0.6 is 0 Å². The van der Waals surface area contributed by atoms with Gasteiger partial charge in [-0.1, -0.05) is 18.2 Å². The van der Waals surface area contributed by atoms with E-state index in [0.717, 1.165) is 42.0 Å². The summed E-state index contributed by atoms with van der Waals surface area (Å²) in [4.78, 5) is 39.0. The molecule has 1 aliphatic rings. The molecule has 2 bridgehead atoms. The van der Waals surface area contributed by atoms with Crippen LogP contribution in [0.25, 0.3) is 11.4 Å². The Morgan fingerprint density at radius 3 is 2.50 bits per heavy atom. The summed E-state index contributed by atoms with van der Waals surface area (Å²) in [5.74, 6) is 2.74. The quantitative estimate of drug-likeness (QED) is 0.312. The molecule has 232 valence electrons. The third kappa shape index (κ3) is 7.77. The normalized spacial score (nSPS) is 14.7. The molecular formula is C33H39N5O6. The van der Waals surface area contributed by atoms with Crippen LogP contribution in [-0.4, -0.2) is 83.2 Å². The first-order valence-electron chi connectivity index (χ1n) is 15.0. The molecule has 0 saturated heterocycles. The molecule has 0 atom stereocenters. The lowest BCUT2D eigenvalue weighted by atomic mass is 10.1. The average molecular weight is 602 g/mol. The minimum Gasteiger partial charge on any atom is -0.493 e. The second-order valence-electron chi connectivity index (χ2n) is 10.6. The highest BCUT2D eigenvalue weighted by atomic mass is 16.5. The van der Waals surface area contributed by atoms with E-state index in [1.807, 2.05) is 58.5 Å². The molecule has 5 rings (SSSR count). The largest absolute Gasteiger partial charge is 0.493 e. The molecule has 2 aromatic carbocycles. The van der Waals surface area contributed by atoms with E-state index in [-0.39, 0.29) is 11.8 Å². The van der Waals surface area contributed by atoms with Gasteiger partial charge in [0.05, 0.1) is 20.8 Å². The molecule has 0 fully saturated rings. The molecule has 1 aliphatic heterocycles. The number of imidazole rings is 1. The van der Waals surface area contributed by atoms with Crippen molar-refractivity contribution in [2.24, 2.45) is 0 Å². The SMILES string of the molecule is COc1ccc(CCC(=O)N2CCCCN(C(=O)c3cocn3)CCCn3ccnc3-c3cccc(c3)OCC2)cc1OC. The van der Waals surface area contributed by atoms with E-state index < -0.39 is 0 Å². The van der Waals surface area contributed by atoms with E-state index in [1.165, 1.54) is 12.7 Å². The molecular weight excluding hydrogens is 562 g/mol. The minimum atomic E-state index is -0.161. The standard InChI is InChI=1S/C33H39N5O6/c1-41-29-11-9-25(21-30(29)42-2)10-12-31(39)36-14-3-4-15-38(33(40)28-23-43-24-35-28)17-6-16-37-18-13-34-32(37)26-7-5-8-27(22-26)44-20-19-36/h5,7-9,11,13,18,21-24H,3-4,6,10,12,14-17,19-20H2,1-2H3. The number of carbonyl (C=O) groups excluding carboxylic acids is 2. The number of ether oxygens (including phenoxy) is 3. The second-order valence-corrected chi connectivity index (χ2v) is 10.6. The van der Waals surface area contributed by atoms with Crippen LogP contribution in [-0.2, 0) is 17.8 Å². The monoisotopic (exact) mass is 601 g/mol. The number of aromatic nitrogens is 3. The highest BCUT2D eigenvalue weighted by Crippen LogP contribution is 2.28. The smallest absolute Gasteiger partial charge is 0.275 e. The van der Waals surface area contributed by atoms with Gasteiger partial charge in [0.25, 0.3) is 5.91 Å². The zero-order valence-electron chi connectivity index (χ0n) is 25.3. The van der Waals surface area contributed by atoms with Crippen LogP contribution in [0.5, 0.6) is 17.2 Å². The Bertz CT molecular complexity index is 1520. The van der Waals surface area contributed by atoms with E-state index in [0.29, 0.717) is 69.4 Å². The zero-order valence-corrected chi connectivity index (χ0v) is 25.3. The first kappa shape index (κ1) is 30.7. The van der Waals surface area contributed by atoms with Gasteiger partial charge in [0.15, 0.2) is 23.6 Å². The van der Waals surface area contributed by atoms with Crippen molar-refractivity contribution in [1.82, 2.24) is 24.3 Å². The molecule has 4 aromatic rings. The van der Waals surface area contributed by atoms with E-state index in [4.69, 9.17) is 18.6 Å². The Morgan fingerprint density at radius 1 is 0.886 bits per heavy atom. The Labute approximate surface area is 257 Å². The summed E-state index contributed by atoms with van der Waals surface area (Å²) in [6.45, 7) is 3.18. The summed E-state index contributed by atoms with van der Waals surface area (Å²) in [5, 5.41) is 0. The minimum absolute atomic E-state index is 0.0487. The number of hydrogen-bond donors (Lipinski definition) is 0. The summed E-state index contributed by atoms with van der Waals surface area (Å²) >= 11 is 0. The maximum atomic E-state index is 13.5. The number of nitrogens with zero attached hydrogens (tertiary/aromatic N) is 5. The zero-order chi connectivity index (χ0) is 30.7. The van der Waals surface area contributed by atoms with Gasteiger partial charge < -0.3 is 33.0 Å². The summed E-state index contributed by atoms with van der Waals surface area (Å²) in [5.41, 5.74) is 2.23. The summed E-state index contributed by atoms with van der Waals surface area (Å²) < 4.78 is 24.0. The number of fused-ring (bicyclic) bond motifs is 4. The number of benzene rings is 2. The molecule has 11 heteroatoms. The Kier molecular flexibility index (Phi) is 10.5. The second kappa shape index (κ2) is 15.1. The lowest BCUT2D eigenvalue weighted by molar-refractivity contribution is -0.131. The Hall–Kier alpha value is -4.80. The molecule has 0 unspecified atom stereocenters. The summed E-state index contributed by atoms with van der Waals surface area (Å²) in [6.07, 6.45) is 9.53. The molecule has 3 heterocycles. The molecule has 0 radical (unpaired) electrons. The highest BCUT2D eigenvalue weighted by Gasteiger charge is 2.20. The van der Waals surface area contributed by atoms with Crippen molar-refractivity contribution in [2.45, 2.75) is 38.6 Å². The van der Waals surface area contributed by atoms with Crippen LogP contribution in [0.2, 0.25) is 0 Å². The molecule has 11 nitrogen and oxygen atoms in total. The predicted molar refractivity (Wildman–Crippen MR) is 164 cm³/mol. The van der Waals surface area contributed by atoms with Crippen LogP contribution in [0.3, 0.4) is 0 Å². The molecule has 2 amide bonds. The van der Waals surface area contributed by atoms with Crippen LogP contribution < -0.4 is 14.2 Å². The number of aryl methyl sites for hydroxylation is 2. The van der Waals surface area contributed by atoms with Crippen LogP contribution in [0.15, 0.2) is 71.9 Å². The van der Waals surface area contributed by atoms with Gasteiger partial charge in [-0.05, 0) is 55.5 Å². The third-order valence-corrected chi connectivity index (χ3v) is 7.74. The van der Waals surface area contributed by atoms with Gasteiger partial charge in [0, 0.05) is 50.6 Å². The fourth-order valence-electron chi connectivity index (χ4n) is 5.39. The highest BCUT2D eigenvalue weighted by molar-refractivity contribution is 5.91. The van der Waals surface area contributed by atoms with Crippen molar-refractivity contribution in [3.8, 4) is 28.6 Å². The van der Waals surface area contributed by atoms with Crippen LogP contribution in [0, 0.1) is 0 Å². The van der Waals surface area contributed by atoms with Gasteiger partial charge in [-0.15, -0.1) is 0 Å². The van der Waals surface area contributed by atoms with E-state index in [9.17, 15) is 9.59 Å². The number of hydrogen-bond acceptors (Lipinski definition) is 8. The van der Waals surface area contributed by atoms with Gasteiger partial charge in [-0.2, -0.15) is 0 Å². The van der Waals surface area contributed by atoms with Crippen LogP contribution in [0.4, 0.5) is 0 Å². The molecule has 44 heavy (non-hydrogen) atoms. The number of oxazole rings is 1. The average Bonchev–Trinajstić information content (AvgIpc) is 3.76. The molecule has 2 aromatic heterocycles. The Balaban J connectivity index is 1.31. The number of methoxy groups -OCH3 is 2. The van der Waals surface area contributed by atoms with Gasteiger partial charge >= 0.3 is 0 Å². The summed E-state index contributed by atoms with van der Waals surface area (Å²) in [6, 6.07) is 13.6. The van der Waals surface area contributed by atoms with Crippen molar-refractivity contribution in [3.05, 3.63) is 78.8 Å². The molecule has 0 spiro atoms. The first-order valence-corrected chi connectivity index (χ1v) is 15.0. The van der Waals surface area contributed by atoms with Crippen molar-refractivity contribution in [2.75, 3.05) is 47.0 Å². The molecule has 0 N–H and O–H groups in total. The van der Waals surface area contributed by atoms with Crippen molar-refractivity contribution >= 4 is 11.8 Å². The fraction of sp³-hybridized carbons (Fsp3) is 0.394. The fourth-order valence-corrected chi connectivity index (χ4v) is 5.39. The predicted octanol–water partition coefficient (Wildman–Crippen LogP) is 4.72.